The lowest BCUT2D eigenvalue weighted by Gasteiger charge is -2.11. The highest BCUT2D eigenvalue weighted by Crippen LogP contribution is 2.21. The zero-order chi connectivity index (χ0) is 18.6. The van der Waals surface area contributed by atoms with Gasteiger partial charge in [0, 0.05) is 24.8 Å². The van der Waals surface area contributed by atoms with Crippen LogP contribution in [-0.4, -0.2) is 26.0 Å². The highest BCUT2D eigenvalue weighted by atomic mass is 32.2. The normalized spacial score (nSPS) is 11.2. The fourth-order valence-corrected chi connectivity index (χ4v) is 2.82. The number of carbonyl (C=O) groups is 1. The van der Waals surface area contributed by atoms with E-state index in [4.69, 9.17) is 9.88 Å². The summed E-state index contributed by atoms with van der Waals surface area (Å²) < 4.78 is 29.5. The number of primary sulfonamides is 1. The minimum absolute atomic E-state index is 0.00125. The fraction of sp³-hybridized carbons (Fsp3) is 0.250. The molecule has 0 aliphatic rings. The van der Waals surface area contributed by atoms with Crippen LogP contribution in [0.5, 0.6) is 5.75 Å². The van der Waals surface area contributed by atoms with Gasteiger partial charge in [-0.1, -0.05) is 6.07 Å². The molecule has 0 unspecified atom stereocenters. The number of amides is 1. The quantitative estimate of drug-likeness (QED) is 0.770. The first-order chi connectivity index (χ1) is 11.8. The summed E-state index contributed by atoms with van der Waals surface area (Å²) in [5.41, 5.74) is 0.232. The summed E-state index contributed by atoms with van der Waals surface area (Å²) in [5, 5.41) is 7.68. The first-order valence-electron chi connectivity index (χ1n) is 7.45. The van der Waals surface area contributed by atoms with E-state index < -0.39 is 15.9 Å². The Balaban J connectivity index is 2.28. The van der Waals surface area contributed by atoms with Crippen molar-refractivity contribution >= 4 is 15.9 Å². The van der Waals surface area contributed by atoms with E-state index >= 15 is 0 Å². The summed E-state index contributed by atoms with van der Waals surface area (Å²) in [6.45, 7) is 2.36. The van der Waals surface area contributed by atoms with E-state index in [2.05, 4.69) is 5.32 Å². The van der Waals surface area contributed by atoms with Gasteiger partial charge in [-0.25, -0.2) is 13.6 Å². The lowest BCUT2D eigenvalue weighted by molar-refractivity contribution is 0.0947. The number of nitrogens with one attached hydrogen (secondary N) is 1. The van der Waals surface area contributed by atoms with Crippen molar-refractivity contribution in [3.8, 4) is 5.75 Å². The number of rotatable bonds is 6. The molecule has 134 valence electrons. The zero-order valence-corrected chi connectivity index (χ0v) is 14.7. The zero-order valence-electron chi connectivity index (χ0n) is 13.9. The molecule has 1 aromatic heterocycles. The van der Waals surface area contributed by atoms with E-state index in [0.29, 0.717) is 12.1 Å². The molecule has 0 atom stereocenters. The van der Waals surface area contributed by atoms with Gasteiger partial charge in [0.05, 0.1) is 17.6 Å². The summed E-state index contributed by atoms with van der Waals surface area (Å²) in [6.07, 6.45) is 1.66. The number of pyridine rings is 1. The van der Waals surface area contributed by atoms with Crippen LogP contribution < -0.4 is 20.8 Å². The number of methoxy groups -OCH3 is 1. The van der Waals surface area contributed by atoms with Crippen molar-refractivity contribution in [3.05, 3.63) is 58.0 Å². The number of hydrogen-bond acceptors (Lipinski definition) is 5. The molecule has 8 nitrogen and oxygen atoms in total. The molecule has 1 amide bonds. The van der Waals surface area contributed by atoms with Crippen LogP contribution in [-0.2, 0) is 23.1 Å². The van der Waals surface area contributed by atoms with Crippen molar-refractivity contribution in [3.63, 3.8) is 0 Å². The Morgan fingerprint density at radius 1 is 1.32 bits per heavy atom. The minimum Gasteiger partial charge on any atom is -0.496 e. The SMILES string of the molecule is CCn1cccc(CNC(=O)c2cc(S(N)(=O)=O)ccc2OC)c1=O. The molecule has 25 heavy (non-hydrogen) atoms. The van der Waals surface area contributed by atoms with Crippen LogP contribution in [0.4, 0.5) is 0 Å². The van der Waals surface area contributed by atoms with Crippen LogP contribution >= 0.6 is 0 Å². The van der Waals surface area contributed by atoms with Crippen molar-refractivity contribution in [2.24, 2.45) is 5.14 Å². The maximum Gasteiger partial charge on any atom is 0.255 e. The van der Waals surface area contributed by atoms with Gasteiger partial charge < -0.3 is 14.6 Å². The Hall–Kier alpha value is -2.65. The molecule has 0 aliphatic carbocycles. The number of aryl methyl sites for hydroxylation is 1. The van der Waals surface area contributed by atoms with Gasteiger partial charge in [-0.15, -0.1) is 0 Å². The first-order valence-corrected chi connectivity index (χ1v) is 9.00. The van der Waals surface area contributed by atoms with E-state index in [1.165, 1.54) is 23.8 Å². The second-order valence-corrected chi connectivity index (χ2v) is 6.78. The Morgan fingerprint density at radius 3 is 2.64 bits per heavy atom. The maximum atomic E-state index is 12.4. The van der Waals surface area contributed by atoms with Gasteiger partial charge >= 0.3 is 0 Å². The van der Waals surface area contributed by atoms with Gasteiger partial charge in [0.15, 0.2) is 0 Å². The molecule has 0 bridgehead atoms. The average Bonchev–Trinajstić information content (AvgIpc) is 2.59. The summed E-state index contributed by atoms with van der Waals surface area (Å²) in [7, 11) is -2.59. The molecule has 2 rings (SSSR count). The Kier molecular flexibility index (Phi) is 5.60. The van der Waals surface area contributed by atoms with E-state index in [-0.39, 0.29) is 28.3 Å². The topological polar surface area (TPSA) is 120 Å². The van der Waals surface area contributed by atoms with Gasteiger partial charge in [0.1, 0.15) is 5.75 Å². The molecule has 9 heteroatoms. The third-order valence-electron chi connectivity index (χ3n) is 3.62. The van der Waals surface area contributed by atoms with Crippen molar-refractivity contribution < 1.29 is 17.9 Å². The van der Waals surface area contributed by atoms with Crippen LogP contribution in [0.25, 0.3) is 0 Å². The monoisotopic (exact) mass is 365 g/mol. The van der Waals surface area contributed by atoms with Gasteiger partial charge in [0.25, 0.3) is 11.5 Å². The molecule has 0 spiro atoms. The van der Waals surface area contributed by atoms with Crippen LogP contribution in [0.1, 0.15) is 22.8 Å². The third kappa shape index (κ3) is 4.25. The van der Waals surface area contributed by atoms with Crippen LogP contribution in [0.15, 0.2) is 46.2 Å². The van der Waals surface area contributed by atoms with Crippen molar-refractivity contribution in [2.75, 3.05) is 7.11 Å². The van der Waals surface area contributed by atoms with E-state index in [1.54, 1.807) is 18.3 Å². The molecular weight excluding hydrogens is 346 g/mol. The van der Waals surface area contributed by atoms with Gasteiger partial charge in [-0.05, 0) is 31.2 Å². The number of benzene rings is 1. The van der Waals surface area contributed by atoms with Gasteiger partial charge in [-0.2, -0.15) is 0 Å². The number of nitrogens with two attached hydrogens (primary N) is 1. The lowest BCUT2D eigenvalue weighted by Crippen LogP contribution is -2.29. The number of hydrogen-bond donors (Lipinski definition) is 2. The maximum absolute atomic E-state index is 12.4. The molecular formula is C16H19N3O5S. The van der Waals surface area contributed by atoms with Crippen LogP contribution in [0.2, 0.25) is 0 Å². The molecule has 1 aromatic carbocycles. The lowest BCUT2D eigenvalue weighted by atomic mass is 10.1. The van der Waals surface area contributed by atoms with Gasteiger partial charge in [0.2, 0.25) is 10.0 Å². The fourth-order valence-electron chi connectivity index (χ4n) is 2.28. The molecule has 0 aliphatic heterocycles. The number of carbonyl (C=O) groups excluding carboxylic acids is 1. The van der Waals surface area contributed by atoms with Crippen LogP contribution in [0, 0.1) is 0 Å². The standard InChI is InChI=1S/C16H19N3O5S/c1-3-19-8-4-5-11(16(19)21)10-18-15(20)13-9-12(25(17,22)23)6-7-14(13)24-2/h4-9H,3,10H2,1-2H3,(H,18,20)(H2,17,22,23). The van der Waals surface area contributed by atoms with Crippen molar-refractivity contribution in [1.29, 1.82) is 0 Å². The molecule has 0 radical (unpaired) electrons. The molecule has 2 aromatic rings. The summed E-state index contributed by atoms with van der Waals surface area (Å²) in [6, 6.07) is 7.07. The number of aromatic nitrogens is 1. The summed E-state index contributed by atoms with van der Waals surface area (Å²) in [5.74, 6) is -0.377. The van der Waals surface area contributed by atoms with E-state index in [9.17, 15) is 18.0 Å². The Morgan fingerprint density at radius 2 is 2.04 bits per heavy atom. The molecule has 1 heterocycles. The van der Waals surface area contributed by atoms with Gasteiger partial charge in [-0.3, -0.25) is 9.59 Å². The number of sulfonamides is 1. The summed E-state index contributed by atoms with van der Waals surface area (Å²) >= 11 is 0. The molecule has 0 saturated carbocycles. The summed E-state index contributed by atoms with van der Waals surface area (Å²) in [4.78, 5) is 24.4. The molecule has 0 saturated heterocycles. The second-order valence-electron chi connectivity index (χ2n) is 5.21. The average molecular weight is 365 g/mol. The van der Waals surface area contributed by atoms with E-state index in [1.807, 2.05) is 6.92 Å². The first kappa shape index (κ1) is 18.7. The van der Waals surface area contributed by atoms with Crippen molar-refractivity contribution in [2.45, 2.75) is 24.9 Å². The predicted octanol–water partition coefficient (Wildman–Crippen LogP) is 0.454. The molecule has 3 N–H and O–H groups in total. The largest absolute Gasteiger partial charge is 0.496 e. The highest BCUT2D eigenvalue weighted by Gasteiger charge is 2.17. The Bertz CT molecular complexity index is 950. The second kappa shape index (κ2) is 7.49. The number of nitrogens with zero attached hydrogens (tertiary/aromatic N) is 1. The smallest absolute Gasteiger partial charge is 0.255 e. The highest BCUT2D eigenvalue weighted by molar-refractivity contribution is 7.89. The number of ether oxygens (including phenoxy) is 1. The minimum atomic E-state index is -3.96. The molecule has 0 fully saturated rings. The third-order valence-corrected chi connectivity index (χ3v) is 4.53. The van der Waals surface area contributed by atoms with Crippen molar-refractivity contribution in [1.82, 2.24) is 9.88 Å². The Labute approximate surface area is 145 Å². The van der Waals surface area contributed by atoms with E-state index in [0.717, 1.165) is 6.07 Å². The van der Waals surface area contributed by atoms with Crippen LogP contribution in [0.3, 0.4) is 0 Å². The predicted molar refractivity (Wildman–Crippen MR) is 91.9 cm³/mol.